The predicted octanol–water partition coefficient (Wildman–Crippen LogP) is 4.97. The zero-order valence-corrected chi connectivity index (χ0v) is 12.3. The van der Waals surface area contributed by atoms with Gasteiger partial charge in [0.2, 0.25) is 0 Å². The largest absolute Gasteiger partial charge is 0.308 e. The summed E-state index contributed by atoms with van der Waals surface area (Å²) in [6.45, 7) is 3.58. The van der Waals surface area contributed by atoms with Crippen LogP contribution in [-0.4, -0.2) is 12.1 Å². The first-order chi connectivity index (χ1) is 8.87. The maximum atomic E-state index is 3.95. The van der Waals surface area contributed by atoms with Crippen molar-refractivity contribution in [2.24, 2.45) is 0 Å². The van der Waals surface area contributed by atoms with E-state index in [1.165, 1.54) is 83.6 Å². The Labute approximate surface area is 113 Å². The lowest BCUT2D eigenvalue weighted by molar-refractivity contribution is 0.329. The molecule has 0 bridgehead atoms. The highest BCUT2D eigenvalue weighted by Gasteiger charge is 2.33. The highest BCUT2D eigenvalue weighted by molar-refractivity contribution is 5.21. The van der Waals surface area contributed by atoms with Gasteiger partial charge in [-0.3, -0.25) is 0 Å². The van der Waals surface area contributed by atoms with Crippen LogP contribution in [0, 0.1) is 0 Å². The Balaban J connectivity index is 2.14. The summed E-state index contributed by atoms with van der Waals surface area (Å²) in [7, 11) is 0. The molecule has 0 spiro atoms. The second-order valence-electron chi connectivity index (χ2n) is 6.25. The van der Waals surface area contributed by atoms with E-state index in [2.05, 4.69) is 18.3 Å². The average molecular weight is 249 g/mol. The summed E-state index contributed by atoms with van der Waals surface area (Å²) >= 11 is 0. The Kier molecular flexibility index (Phi) is 5.75. The Bertz CT molecular complexity index is 259. The topological polar surface area (TPSA) is 12.0 Å². The van der Waals surface area contributed by atoms with Crippen molar-refractivity contribution in [3.63, 3.8) is 0 Å². The molecule has 1 saturated heterocycles. The fourth-order valence-corrected chi connectivity index (χ4v) is 3.85. The summed E-state index contributed by atoms with van der Waals surface area (Å²) < 4.78 is 0. The Morgan fingerprint density at radius 2 is 1.89 bits per heavy atom. The lowest BCUT2D eigenvalue weighted by Crippen LogP contribution is -2.46. The van der Waals surface area contributed by atoms with Crippen LogP contribution in [0.15, 0.2) is 11.6 Å². The van der Waals surface area contributed by atoms with Gasteiger partial charge in [-0.2, -0.15) is 0 Å². The lowest BCUT2D eigenvalue weighted by atomic mass is 9.78. The molecule has 1 atom stereocenters. The second-order valence-corrected chi connectivity index (χ2v) is 6.25. The predicted molar refractivity (Wildman–Crippen MR) is 79.9 cm³/mol. The third-order valence-electron chi connectivity index (χ3n) is 4.83. The van der Waals surface area contributed by atoms with Crippen molar-refractivity contribution in [3.8, 4) is 0 Å². The highest BCUT2D eigenvalue weighted by Crippen LogP contribution is 2.35. The first kappa shape index (κ1) is 14.1. The van der Waals surface area contributed by atoms with Gasteiger partial charge < -0.3 is 5.32 Å². The molecule has 18 heavy (non-hydrogen) atoms. The molecule has 0 aromatic heterocycles. The van der Waals surface area contributed by atoms with Gasteiger partial charge in [0.05, 0.1) is 0 Å². The fraction of sp³-hybridized carbons (Fsp3) is 0.882. The van der Waals surface area contributed by atoms with Crippen molar-refractivity contribution in [2.75, 3.05) is 6.54 Å². The molecule has 1 aliphatic carbocycles. The van der Waals surface area contributed by atoms with Crippen LogP contribution >= 0.6 is 0 Å². The number of hydrogen-bond acceptors (Lipinski definition) is 1. The van der Waals surface area contributed by atoms with E-state index in [0.29, 0.717) is 5.54 Å². The monoisotopic (exact) mass is 249 g/mol. The van der Waals surface area contributed by atoms with Crippen molar-refractivity contribution in [3.05, 3.63) is 11.6 Å². The maximum Gasteiger partial charge on any atom is 0.0393 e. The van der Waals surface area contributed by atoms with E-state index < -0.39 is 0 Å². The second kappa shape index (κ2) is 7.33. The molecule has 1 N–H and O–H groups in total. The van der Waals surface area contributed by atoms with E-state index >= 15 is 0 Å². The fourth-order valence-electron chi connectivity index (χ4n) is 3.85. The van der Waals surface area contributed by atoms with Crippen LogP contribution in [0.1, 0.15) is 84.0 Å². The summed E-state index contributed by atoms with van der Waals surface area (Å²) in [6, 6.07) is 0. The Morgan fingerprint density at radius 3 is 2.78 bits per heavy atom. The smallest absolute Gasteiger partial charge is 0.0393 e. The van der Waals surface area contributed by atoms with E-state index in [4.69, 9.17) is 0 Å². The van der Waals surface area contributed by atoms with Gasteiger partial charge >= 0.3 is 0 Å². The minimum absolute atomic E-state index is 0.378. The summed E-state index contributed by atoms with van der Waals surface area (Å²) in [5.74, 6) is 0. The van der Waals surface area contributed by atoms with Gasteiger partial charge in [0.25, 0.3) is 0 Å². The van der Waals surface area contributed by atoms with Gasteiger partial charge in [-0.1, -0.05) is 50.7 Å². The molecule has 2 rings (SSSR count). The van der Waals surface area contributed by atoms with Crippen LogP contribution in [-0.2, 0) is 0 Å². The van der Waals surface area contributed by atoms with Gasteiger partial charge in [-0.15, -0.1) is 0 Å². The zero-order valence-electron chi connectivity index (χ0n) is 12.3. The molecule has 0 radical (unpaired) electrons. The van der Waals surface area contributed by atoms with E-state index in [-0.39, 0.29) is 0 Å². The molecular weight excluding hydrogens is 218 g/mol. The van der Waals surface area contributed by atoms with Crippen LogP contribution in [0.2, 0.25) is 0 Å². The van der Waals surface area contributed by atoms with Crippen LogP contribution in [0.4, 0.5) is 0 Å². The van der Waals surface area contributed by atoms with Crippen LogP contribution in [0.5, 0.6) is 0 Å². The summed E-state index contributed by atoms with van der Waals surface area (Å²) in [5, 5.41) is 3.95. The normalized spacial score (nSPS) is 31.1. The third kappa shape index (κ3) is 3.60. The van der Waals surface area contributed by atoms with E-state index in [0.717, 1.165) is 0 Å². The zero-order chi connectivity index (χ0) is 12.7. The summed E-state index contributed by atoms with van der Waals surface area (Å²) in [5.41, 5.74) is 2.15. The molecule has 104 valence electrons. The van der Waals surface area contributed by atoms with Gasteiger partial charge in [0, 0.05) is 5.54 Å². The van der Waals surface area contributed by atoms with Crippen molar-refractivity contribution >= 4 is 0 Å². The first-order valence-electron chi connectivity index (χ1n) is 8.32. The number of allylic oxidation sites excluding steroid dienone is 1. The lowest BCUT2D eigenvalue weighted by Gasteiger charge is -2.37. The first-order valence-corrected chi connectivity index (χ1v) is 8.32. The average Bonchev–Trinajstić information content (AvgIpc) is 2.55. The molecule has 1 fully saturated rings. The van der Waals surface area contributed by atoms with E-state index in [1.807, 2.05) is 0 Å². The van der Waals surface area contributed by atoms with Crippen molar-refractivity contribution in [1.82, 2.24) is 5.32 Å². The third-order valence-corrected chi connectivity index (χ3v) is 4.83. The van der Waals surface area contributed by atoms with Gasteiger partial charge in [0.15, 0.2) is 0 Å². The molecule has 1 aliphatic heterocycles. The minimum Gasteiger partial charge on any atom is -0.308 e. The number of rotatable bonds is 3. The molecule has 0 saturated carbocycles. The SMILES string of the molecule is CCCC1(C2=CCCCCCC2)CCCCCN1. The standard InChI is InChI=1S/C17H31N/c1-2-13-17(14-9-6-10-15-18-17)16-11-7-4-3-5-8-12-16/h11,18H,2-10,12-15H2,1H3. The van der Waals surface area contributed by atoms with E-state index in [9.17, 15) is 0 Å². The molecule has 1 unspecified atom stereocenters. The van der Waals surface area contributed by atoms with Gasteiger partial charge in [0.1, 0.15) is 0 Å². The number of nitrogens with one attached hydrogen (secondary N) is 1. The molecule has 2 aliphatic rings. The maximum absolute atomic E-state index is 3.95. The van der Waals surface area contributed by atoms with Crippen LogP contribution < -0.4 is 5.32 Å². The molecule has 1 heteroatoms. The number of hydrogen-bond donors (Lipinski definition) is 1. The molecule has 0 aromatic carbocycles. The van der Waals surface area contributed by atoms with Gasteiger partial charge in [-0.25, -0.2) is 0 Å². The molecule has 0 aromatic rings. The Morgan fingerprint density at radius 1 is 1.06 bits per heavy atom. The summed E-state index contributed by atoms with van der Waals surface area (Å²) in [6.07, 6.45) is 19.2. The van der Waals surface area contributed by atoms with Crippen LogP contribution in [0.25, 0.3) is 0 Å². The van der Waals surface area contributed by atoms with E-state index in [1.54, 1.807) is 5.57 Å². The minimum atomic E-state index is 0.378. The van der Waals surface area contributed by atoms with Crippen LogP contribution in [0.3, 0.4) is 0 Å². The van der Waals surface area contributed by atoms with Crippen molar-refractivity contribution < 1.29 is 0 Å². The molecule has 1 nitrogen and oxygen atoms in total. The molecular formula is C17H31N. The Hall–Kier alpha value is -0.300. The quantitative estimate of drug-likeness (QED) is 0.696. The van der Waals surface area contributed by atoms with Crippen molar-refractivity contribution in [1.29, 1.82) is 0 Å². The highest BCUT2D eigenvalue weighted by atomic mass is 15.0. The molecule has 0 amide bonds. The molecule has 1 heterocycles. The summed E-state index contributed by atoms with van der Waals surface area (Å²) in [4.78, 5) is 0. The van der Waals surface area contributed by atoms with Crippen molar-refractivity contribution in [2.45, 2.75) is 89.5 Å². The van der Waals surface area contributed by atoms with Gasteiger partial charge in [-0.05, 0) is 51.5 Å².